The minimum Gasteiger partial charge on any atom is -0.0845 e. The van der Waals surface area contributed by atoms with Crippen LogP contribution in [0.5, 0.6) is 0 Å². The highest BCUT2D eigenvalue weighted by Gasteiger charge is 2.57. The molecule has 0 aliphatic heterocycles. The molecule has 0 aromatic carbocycles. The third kappa shape index (κ3) is 2.85. The quantitative estimate of drug-likeness (QED) is 0.429. The second-order valence-corrected chi connectivity index (χ2v) is 12.2. The van der Waals surface area contributed by atoms with Gasteiger partial charge in [-0.2, -0.15) is 0 Å². The van der Waals surface area contributed by atoms with Gasteiger partial charge in [-0.25, -0.2) is 0 Å². The minimum atomic E-state index is 0.489. The third-order valence-electron chi connectivity index (χ3n) is 9.58. The second-order valence-electron chi connectivity index (χ2n) is 12.2. The molecule has 0 aromatic rings. The van der Waals surface area contributed by atoms with Crippen LogP contribution >= 0.6 is 0 Å². The highest BCUT2D eigenvalue weighted by molar-refractivity contribution is 5.25. The first-order valence-electron chi connectivity index (χ1n) is 11.3. The first-order chi connectivity index (χ1) is 11.6. The average Bonchev–Trinajstić information content (AvgIpc) is 2.82. The first-order valence-corrected chi connectivity index (χ1v) is 11.3. The van der Waals surface area contributed by atoms with Gasteiger partial charge in [0, 0.05) is 0 Å². The van der Waals surface area contributed by atoms with E-state index in [0.717, 1.165) is 29.6 Å². The Morgan fingerprint density at radius 3 is 2.48 bits per heavy atom. The fourth-order valence-electron chi connectivity index (χ4n) is 8.04. The molecule has 0 N–H and O–H groups in total. The molecule has 0 amide bonds. The van der Waals surface area contributed by atoms with Gasteiger partial charge in [-0.3, -0.25) is 0 Å². The van der Waals surface area contributed by atoms with Crippen molar-refractivity contribution in [2.24, 2.45) is 45.8 Å². The fourth-order valence-corrected chi connectivity index (χ4v) is 8.04. The molecule has 4 rings (SSSR count). The molecular formula is C25H42. The summed E-state index contributed by atoms with van der Waals surface area (Å²) >= 11 is 0. The Labute approximate surface area is 157 Å². The molecule has 0 spiro atoms. The lowest BCUT2D eigenvalue weighted by molar-refractivity contribution is -0.0428. The Balaban J connectivity index is 1.56. The Kier molecular flexibility index (Phi) is 4.25. The third-order valence-corrected chi connectivity index (χ3v) is 9.58. The van der Waals surface area contributed by atoms with Gasteiger partial charge in [0.15, 0.2) is 0 Å². The second kappa shape index (κ2) is 5.87. The van der Waals surface area contributed by atoms with Gasteiger partial charge in [0.1, 0.15) is 0 Å². The minimum absolute atomic E-state index is 0.489. The molecule has 25 heavy (non-hydrogen) atoms. The van der Waals surface area contributed by atoms with Crippen molar-refractivity contribution in [3.8, 4) is 0 Å². The van der Waals surface area contributed by atoms with Crippen LogP contribution in [0.4, 0.5) is 0 Å². The van der Waals surface area contributed by atoms with Gasteiger partial charge in [0.25, 0.3) is 0 Å². The van der Waals surface area contributed by atoms with Gasteiger partial charge >= 0.3 is 0 Å². The molecule has 0 saturated heterocycles. The molecular weight excluding hydrogens is 300 g/mol. The summed E-state index contributed by atoms with van der Waals surface area (Å²) in [5.74, 6) is 4.90. The zero-order valence-electron chi connectivity index (χ0n) is 17.8. The van der Waals surface area contributed by atoms with E-state index in [-0.39, 0.29) is 0 Å². The van der Waals surface area contributed by atoms with Crippen LogP contribution in [-0.2, 0) is 0 Å². The van der Waals surface area contributed by atoms with Crippen LogP contribution in [0, 0.1) is 45.8 Å². The topological polar surface area (TPSA) is 0 Å². The van der Waals surface area contributed by atoms with Crippen molar-refractivity contribution in [2.75, 3.05) is 0 Å². The van der Waals surface area contributed by atoms with E-state index in [4.69, 9.17) is 0 Å². The molecule has 0 heteroatoms. The number of hydrogen-bond acceptors (Lipinski definition) is 0. The van der Waals surface area contributed by atoms with Gasteiger partial charge in [0.2, 0.25) is 0 Å². The molecule has 3 fully saturated rings. The normalized spacial score (nSPS) is 49.8. The van der Waals surface area contributed by atoms with E-state index < -0.39 is 0 Å². The van der Waals surface area contributed by atoms with Gasteiger partial charge in [-0.15, -0.1) is 0 Å². The van der Waals surface area contributed by atoms with Crippen molar-refractivity contribution in [2.45, 2.75) is 99.3 Å². The first kappa shape index (κ1) is 18.1. The highest BCUT2D eigenvalue weighted by atomic mass is 14.6. The lowest BCUT2D eigenvalue weighted by Gasteiger charge is -2.58. The van der Waals surface area contributed by atoms with Crippen molar-refractivity contribution in [1.82, 2.24) is 0 Å². The Hall–Kier alpha value is -0.260. The van der Waals surface area contributed by atoms with Gasteiger partial charge in [-0.05, 0) is 104 Å². The molecule has 4 aliphatic carbocycles. The summed E-state index contributed by atoms with van der Waals surface area (Å²) in [6, 6.07) is 0. The summed E-state index contributed by atoms with van der Waals surface area (Å²) in [4.78, 5) is 0. The van der Waals surface area contributed by atoms with E-state index in [9.17, 15) is 0 Å². The summed E-state index contributed by atoms with van der Waals surface area (Å²) in [6.07, 6.45) is 16.0. The molecule has 0 heterocycles. The largest absolute Gasteiger partial charge is 0.0845 e. The van der Waals surface area contributed by atoms with E-state index in [1.165, 1.54) is 57.8 Å². The zero-order valence-corrected chi connectivity index (χ0v) is 17.8. The molecule has 4 aliphatic rings. The summed E-state index contributed by atoms with van der Waals surface area (Å²) in [5.41, 5.74) is 3.57. The van der Waals surface area contributed by atoms with Crippen LogP contribution in [0.3, 0.4) is 0 Å². The molecule has 2 unspecified atom stereocenters. The Morgan fingerprint density at radius 1 is 1.00 bits per heavy atom. The fraction of sp³-hybridized carbons (Fsp3) is 0.920. The van der Waals surface area contributed by atoms with Gasteiger partial charge in [0.05, 0.1) is 0 Å². The summed E-state index contributed by atoms with van der Waals surface area (Å²) in [5, 5.41) is 0. The molecule has 0 aromatic heterocycles. The molecule has 0 nitrogen and oxygen atoms in total. The van der Waals surface area contributed by atoms with Crippen molar-refractivity contribution in [3.63, 3.8) is 0 Å². The van der Waals surface area contributed by atoms with Crippen LogP contribution in [0.1, 0.15) is 99.3 Å². The predicted molar refractivity (Wildman–Crippen MR) is 108 cm³/mol. The monoisotopic (exact) mass is 342 g/mol. The van der Waals surface area contributed by atoms with Gasteiger partial charge in [-0.1, -0.05) is 53.2 Å². The molecule has 7 atom stereocenters. The van der Waals surface area contributed by atoms with Crippen molar-refractivity contribution in [3.05, 3.63) is 11.6 Å². The van der Waals surface area contributed by atoms with Gasteiger partial charge < -0.3 is 0 Å². The summed E-state index contributed by atoms with van der Waals surface area (Å²) < 4.78 is 0. The Bertz CT molecular complexity index is 549. The van der Waals surface area contributed by atoms with Crippen LogP contribution in [-0.4, -0.2) is 0 Å². The van der Waals surface area contributed by atoms with E-state index in [1.54, 1.807) is 0 Å². The molecule has 3 saturated carbocycles. The average molecular weight is 343 g/mol. The van der Waals surface area contributed by atoms with Crippen LogP contribution < -0.4 is 0 Å². The van der Waals surface area contributed by atoms with Crippen LogP contribution in [0.15, 0.2) is 11.6 Å². The highest BCUT2D eigenvalue weighted by Crippen LogP contribution is 2.66. The number of rotatable bonds is 1. The standard InChI is InChI=1S/C25H42/c1-17-7-10-21-20-9-8-19-15-18(16-23(2,3)4)11-13-25(19,6)22(20)12-14-24(17,21)5/h8,17-18,20-22H,7,9-16H2,1-6H3/t17?,18?,20-,21-,22-,24+,25-/m0/s1. The van der Waals surface area contributed by atoms with Crippen LogP contribution in [0.2, 0.25) is 0 Å². The van der Waals surface area contributed by atoms with E-state index in [1.807, 2.05) is 5.57 Å². The number of allylic oxidation sites excluding steroid dienone is 2. The summed E-state index contributed by atoms with van der Waals surface area (Å²) in [6.45, 7) is 15.1. The number of fused-ring (bicyclic) bond motifs is 5. The Morgan fingerprint density at radius 2 is 1.76 bits per heavy atom. The molecule has 0 bridgehead atoms. The van der Waals surface area contributed by atoms with E-state index in [0.29, 0.717) is 16.2 Å². The maximum absolute atomic E-state index is 2.75. The maximum atomic E-state index is 2.75. The SMILES string of the molecule is CC1CC[C@H]2[C@@H]3CC=C4CC(CC(C)(C)C)CC[C@]4(C)[C@H]3CC[C@]12C. The van der Waals surface area contributed by atoms with Crippen molar-refractivity contribution in [1.29, 1.82) is 0 Å². The predicted octanol–water partition coefficient (Wildman–Crippen LogP) is 7.64. The summed E-state index contributed by atoms with van der Waals surface area (Å²) in [7, 11) is 0. The van der Waals surface area contributed by atoms with Crippen molar-refractivity contribution < 1.29 is 0 Å². The lowest BCUT2D eigenvalue weighted by atomic mass is 9.47. The molecule has 142 valence electrons. The van der Waals surface area contributed by atoms with Crippen LogP contribution in [0.25, 0.3) is 0 Å². The lowest BCUT2D eigenvalue weighted by Crippen LogP contribution is -2.49. The zero-order chi connectivity index (χ0) is 18.0. The van der Waals surface area contributed by atoms with Crippen molar-refractivity contribution >= 4 is 0 Å². The molecule has 0 radical (unpaired) electrons. The number of hydrogen-bond donors (Lipinski definition) is 0. The smallest absolute Gasteiger partial charge is 0.00851 e. The van der Waals surface area contributed by atoms with E-state index >= 15 is 0 Å². The maximum Gasteiger partial charge on any atom is -0.00851 e. The van der Waals surface area contributed by atoms with E-state index in [2.05, 4.69) is 47.6 Å².